The molecular formula is C8H9NS. The van der Waals surface area contributed by atoms with Crippen molar-refractivity contribution in [2.24, 2.45) is 0 Å². The summed E-state index contributed by atoms with van der Waals surface area (Å²) in [5.74, 6) is 0. The van der Waals surface area contributed by atoms with Gasteiger partial charge in [0.05, 0.1) is 0 Å². The summed E-state index contributed by atoms with van der Waals surface area (Å²) in [5.41, 5.74) is 1.25. The molecule has 1 aliphatic carbocycles. The molecule has 0 spiro atoms. The van der Waals surface area contributed by atoms with E-state index in [0.717, 1.165) is 17.7 Å². The van der Waals surface area contributed by atoms with E-state index in [9.17, 15) is 0 Å². The third kappa shape index (κ3) is 1.65. The monoisotopic (exact) mass is 151 g/mol. The second kappa shape index (κ2) is 3.48. The fraction of sp³-hybridized carbons (Fsp3) is 0.375. The second-order valence-electron chi connectivity index (χ2n) is 2.23. The smallest absolute Gasteiger partial charge is 0.138 e. The maximum absolute atomic E-state index is 8.38. The molecule has 0 atom stereocenters. The van der Waals surface area contributed by atoms with Crippen molar-refractivity contribution in [3.8, 4) is 5.40 Å². The molecule has 0 radical (unpaired) electrons. The molecule has 0 fully saturated rings. The summed E-state index contributed by atoms with van der Waals surface area (Å²) in [6, 6.07) is 0. The summed E-state index contributed by atoms with van der Waals surface area (Å²) < 4.78 is 0. The van der Waals surface area contributed by atoms with Gasteiger partial charge >= 0.3 is 0 Å². The highest BCUT2D eigenvalue weighted by molar-refractivity contribution is 8.07. The summed E-state index contributed by atoms with van der Waals surface area (Å²) in [6.45, 7) is 2.05. The lowest BCUT2D eigenvalue weighted by Gasteiger charge is -2.06. The van der Waals surface area contributed by atoms with Gasteiger partial charge in [-0.1, -0.05) is 12.2 Å². The van der Waals surface area contributed by atoms with Crippen molar-refractivity contribution in [1.82, 2.24) is 0 Å². The minimum absolute atomic E-state index is 1.08. The van der Waals surface area contributed by atoms with Crippen LogP contribution in [0.25, 0.3) is 0 Å². The molecule has 2 heteroatoms. The average molecular weight is 151 g/mol. The van der Waals surface area contributed by atoms with Crippen molar-refractivity contribution in [3.63, 3.8) is 0 Å². The maximum atomic E-state index is 8.38. The largest absolute Gasteiger partial charge is 0.185 e. The van der Waals surface area contributed by atoms with Crippen molar-refractivity contribution in [3.05, 3.63) is 22.6 Å². The molecule has 0 aromatic carbocycles. The molecule has 52 valence electrons. The number of thioether (sulfide) groups is 1. The fourth-order valence-corrected chi connectivity index (χ4v) is 1.49. The van der Waals surface area contributed by atoms with Crippen LogP contribution in [-0.2, 0) is 0 Å². The predicted molar refractivity (Wildman–Crippen MR) is 44.3 cm³/mol. The van der Waals surface area contributed by atoms with Gasteiger partial charge in [0.2, 0.25) is 0 Å². The van der Waals surface area contributed by atoms with Crippen LogP contribution in [0, 0.1) is 10.7 Å². The molecule has 0 saturated heterocycles. The van der Waals surface area contributed by atoms with Crippen LogP contribution in [0.3, 0.4) is 0 Å². The Bertz CT molecular complexity index is 220. The van der Waals surface area contributed by atoms with Crippen molar-refractivity contribution in [2.45, 2.75) is 19.8 Å². The van der Waals surface area contributed by atoms with E-state index < -0.39 is 0 Å². The number of rotatable bonds is 1. The molecule has 0 unspecified atom stereocenters. The topological polar surface area (TPSA) is 23.8 Å². The Kier molecular flexibility index (Phi) is 2.58. The highest BCUT2D eigenvalue weighted by Gasteiger charge is 2.03. The molecule has 0 amide bonds. The molecule has 0 aliphatic heterocycles. The van der Waals surface area contributed by atoms with Crippen molar-refractivity contribution in [1.29, 1.82) is 5.26 Å². The zero-order valence-electron chi connectivity index (χ0n) is 5.92. The van der Waals surface area contributed by atoms with Crippen molar-refractivity contribution >= 4 is 11.8 Å². The van der Waals surface area contributed by atoms with Crippen LogP contribution in [-0.4, -0.2) is 0 Å². The van der Waals surface area contributed by atoms with Crippen LogP contribution in [0.2, 0.25) is 0 Å². The zero-order valence-corrected chi connectivity index (χ0v) is 6.74. The first kappa shape index (κ1) is 7.43. The van der Waals surface area contributed by atoms with Gasteiger partial charge in [0, 0.05) is 4.91 Å². The van der Waals surface area contributed by atoms with Gasteiger partial charge in [-0.25, -0.2) is 0 Å². The van der Waals surface area contributed by atoms with E-state index in [1.807, 2.05) is 0 Å². The Labute approximate surface area is 65.4 Å². The van der Waals surface area contributed by atoms with Crippen LogP contribution in [0.15, 0.2) is 22.6 Å². The lowest BCUT2D eigenvalue weighted by atomic mass is 10.1. The van der Waals surface area contributed by atoms with E-state index >= 15 is 0 Å². The van der Waals surface area contributed by atoms with Gasteiger partial charge in [-0.3, -0.25) is 0 Å². The molecule has 1 rings (SSSR count). The standard InChI is InChI=1S/C8H9NS/c1-7-4-2-3-5-8(7)10-6-9/h4-5H,2-3H2,1H3. The summed E-state index contributed by atoms with van der Waals surface area (Å²) in [6.07, 6.45) is 6.52. The van der Waals surface area contributed by atoms with E-state index in [0.29, 0.717) is 0 Å². The van der Waals surface area contributed by atoms with Crippen molar-refractivity contribution in [2.75, 3.05) is 0 Å². The minimum Gasteiger partial charge on any atom is -0.185 e. The van der Waals surface area contributed by atoms with E-state index in [1.165, 1.54) is 17.3 Å². The number of hydrogen-bond donors (Lipinski definition) is 0. The first-order valence-electron chi connectivity index (χ1n) is 3.28. The van der Waals surface area contributed by atoms with Gasteiger partial charge in [-0.2, -0.15) is 5.26 Å². The first-order chi connectivity index (χ1) is 4.84. The van der Waals surface area contributed by atoms with Crippen molar-refractivity contribution < 1.29 is 0 Å². The van der Waals surface area contributed by atoms with Gasteiger partial charge in [-0.05, 0) is 37.1 Å². The lowest BCUT2D eigenvalue weighted by molar-refractivity contribution is 1.01. The lowest BCUT2D eigenvalue weighted by Crippen LogP contribution is -1.85. The predicted octanol–water partition coefficient (Wildman–Crippen LogP) is 2.82. The molecule has 1 aliphatic rings. The molecule has 0 bridgehead atoms. The molecule has 0 N–H and O–H groups in total. The number of allylic oxidation sites excluding steroid dienone is 3. The number of thiocyanates is 1. The van der Waals surface area contributed by atoms with E-state index in [1.54, 1.807) is 0 Å². The highest BCUT2D eigenvalue weighted by Crippen LogP contribution is 2.27. The van der Waals surface area contributed by atoms with E-state index in [4.69, 9.17) is 5.26 Å². The molecule has 0 aromatic rings. The number of nitrogens with zero attached hydrogens (tertiary/aromatic N) is 1. The minimum atomic E-state index is 1.08. The van der Waals surface area contributed by atoms with Crippen LogP contribution < -0.4 is 0 Å². The molecular weight excluding hydrogens is 142 g/mol. The Balaban J connectivity index is 2.67. The molecule has 0 heterocycles. The van der Waals surface area contributed by atoms with Crippen LogP contribution in [0.5, 0.6) is 0 Å². The fourth-order valence-electron chi connectivity index (χ4n) is 0.947. The highest BCUT2D eigenvalue weighted by atomic mass is 32.2. The second-order valence-corrected chi connectivity index (χ2v) is 3.05. The van der Waals surface area contributed by atoms with E-state index in [-0.39, 0.29) is 0 Å². The van der Waals surface area contributed by atoms with Gasteiger partial charge in [0.25, 0.3) is 0 Å². The average Bonchev–Trinajstić information content (AvgIpc) is 1.94. The molecule has 0 saturated carbocycles. The Morgan fingerprint density at radius 2 is 2.20 bits per heavy atom. The molecule has 1 nitrogen and oxygen atoms in total. The van der Waals surface area contributed by atoms with Crippen LogP contribution in [0.4, 0.5) is 0 Å². The summed E-state index contributed by atoms with van der Waals surface area (Å²) in [7, 11) is 0. The van der Waals surface area contributed by atoms with Gasteiger partial charge < -0.3 is 0 Å². The maximum Gasteiger partial charge on any atom is 0.138 e. The third-order valence-corrected chi connectivity index (χ3v) is 2.29. The number of nitriles is 1. The SMILES string of the molecule is CC1=CCCC=C1SC#N. The van der Waals surface area contributed by atoms with Gasteiger partial charge in [0.1, 0.15) is 5.40 Å². The summed E-state index contributed by atoms with van der Waals surface area (Å²) in [4.78, 5) is 1.13. The van der Waals surface area contributed by atoms with Gasteiger partial charge in [-0.15, -0.1) is 0 Å². The Morgan fingerprint density at radius 3 is 2.80 bits per heavy atom. The molecule has 0 aromatic heterocycles. The normalized spacial score (nSPS) is 17.2. The Hall–Kier alpha value is -0.680. The van der Waals surface area contributed by atoms with Crippen LogP contribution in [0.1, 0.15) is 19.8 Å². The Morgan fingerprint density at radius 1 is 1.50 bits per heavy atom. The third-order valence-electron chi connectivity index (χ3n) is 1.49. The number of hydrogen-bond acceptors (Lipinski definition) is 2. The molecule has 10 heavy (non-hydrogen) atoms. The van der Waals surface area contributed by atoms with E-state index in [2.05, 4.69) is 24.5 Å². The first-order valence-corrected chi connectivity index (χ1v) is 4.09. The quantitative estimate of drug-likeness (QED) is 0.538. The summed E-state index contributed by atoms with van der Waals surface area (Å²) >= 11 is 1.26. The summed E-state index contributed by atoms with van der Waals surface area (Å²) in [5, 5.41) is 10.5. The van der Waals surface area contributed by atoms with Crippen LogP contribution >= 0.6 is 11.8 Å². The zero-order chi connectivity index (χ0) is 7.40. The van der Waals surface area contributed by atoms with Gasteiger partial charge in [0.15, 0.2) is 0 Å².